The van der Waals surface area contributed by atoms with Crippen LogP contribution in [-0.4, -0.2) is 57.9 Å². The normalized spacial score (nSPS) is 30.2. The van der Waals surface area contributed by atoms with Gasteiger partial charge in [0.25, 0.3) is 0 Å². The summed E-state index contributed by atoms with van der Waals surface area (Å²) >= 11 is 0. The van der Waals surface area contributed by atoms with Crippen LogP contribution in [0.25, 0.3) is 5.70 Å². The van der Waals surface area contributed by atoms with E-state index >= 15 is 0 Å². The molecule has 0 saturated carbocycles. The van der Waals surface area contributed by atoms with Crippen molar-refractivity contribution in [3.8, 4) is 0 Å². The molecule has 1 saturated heterocycles. The Kier molecular flexibility index (Phi) is 5.16. The number of hydrazine groups is 1. The van der Waals surface area contributed by atoms with E-state index in [1.165, 1.54) is 11.2 Å². The zero-order chi connectivity index (χ0) is 15.4. The van der Waals surface area contributed by atoms with Gasteiger partial charge in [-0.15, -0.1) is 0 Å². The Labute approximate surface area is 123 Å². The van der Waals surface area contributed by atoms with E-state index in [1.807, 2.05) is 30.3 Å². The summed E-state index contributed by atoms with van der Waals surface area (Å²) in [5, 5.41) is 30.1. The standard InChI is InChI=1S/C14H21N3O4/c15-10(9-4-2-1-3-5-9)6-17(16)7-12-14(20)13(19)11(18)8-21-12/h1-6,11-14,18-20H,7-8,15-16H2/b10-6-. The number of hydrogen-bond acceptors (Lipinski definition) is 7. The Morgan fingerprint density at radius 1 is 1.24 bits per heavy atom. The predicted octanol–water partition coefficient (Wildman–Crippen LogP) is -1.40. The highest BCUT2D eigenvalue weighted by molar-refractivity contribution is 5.61. The van der Waals surface area contributed by atoms with Gasteiger partial charge in [-0.1, -0.05) is 30.3 Å². The number of hydrogen-bond donors (Lipinski definition) is 5. The number of nitrogens with zero attached hydrogens (tertiary/aromatic N) is 1. The third-order valence-corrected chi connectivity index (χ3v) is 3.41. The van der Waals surface area contributed by atoms with Crippen molar-refractivity contribution >= 4 is 5.70 Å². The van der Waals surface area contributed by atoms with Gasteiger partial charge in [0.1, 0.15) is 24.4 Å². The molecule has 1 aromatic carbocycles. The molecule has 1 fully saturated rings. The number of aliphatic hydroxyl groups excluding tert-OH is 3. The minimum atomic E-state index is -1.24. The Balaban J connectivity index is 1.97. The molecule has 4 atom stereocenters. The summed E-state index contributed by atoms with van der Waals surface area (Å²) in [6, 6.07) is 9.32. The van der Waals surface area contributed by atoms with Crippen molar-refractivity contribution in [1.82, 2.24) is 5.01 Å². The molecule has 0 radical (unpaired) electrons. The van der Waals surface area contributed by atoms with Gasteiger partial charge < -0.3 is 30.8 Å². The molecule has 0 bridgehead atoms. The summed E-state index contributed by atoms with van der Waals surface area (Å²) in [6.07, 6.45) is -2.71. The van der Waals surface area contributed by atoms with Gasteiger partial charge in [-0.25, -0.2) is 5.84 Å². The second-order valence-corrected chi connectivity index (χ2v) is 5.07. The fourth-order valence-corrected chi connectivity index (χ4v) is 2.17. The van der Waals surface area contributed by atoms with Crippen LogP contribution in [0.2, 0.25) is 0 Å². The second-order valence-electron chi connectivity index (χ2n) is 5.07. The van der Waals surface area contributed by atoms with Gasteiger partial charge in [0.2, 0.25) is 0 Å². The zero-order valence-corrected chi connectivity index (χ0v) is 11.5. The van der Waals surface area contributed by atoms with Crippen molar-refractivity contribution in [1.29, 1.82) is 0 Å². The van der Waals surface area contributed by atoms with E-state index in [1.54, 1.807) is 0 Å². The average molecular weight is 295 g/mol. The lowest BCUT2D eigenvalue weighted by Crippen LogP contribution is -2.56. The molecule has 0 aromatic heterocycles. The highest BCUT2D eigenvalue weighted by atomic mass is 16.5. The van der Waals surface area contributed by atoms with Crippen LogP contribution in [0, 0.1) is 0 Å². The first-order valence-electron chi connectivity index (χ1n) is 6.69. The quantitative estimate of drug-likeness (QED) is 0.342. The molecule has 0 spiro atoms. The van der Waals surface area contributed by atoms with Gasteiger partial charge in [-0.05, 0) is 5.56 Å². The van der Waals surface area contributed by atoms with Crippen molar-refractivity contribution < 1.29 is 20.1 Å². The first-order valence-corrected chi connectivity index (χ1v) is 6.69. The summed E-state index contributed by atoms with van der Waals surface area (Å²) in [4.78, 5) is 0. The van der Waals surface area contributed by atoms with Crippen molar-refractivity contribution in [2.24, 2.45) is 11.6 Å². The topological polar surface area (TPSA) is 125 Å². The highest BCUT2D eigenvalue weighted by Gasteiger charge is 2.37. The fourth-order valence-electron chi connectivity index (χ4n) is 2.17. The molecule has 116 valence electrons. The number of ether oxygens (including phenoxy) is 1. The maximum atomic E-state index is 9.84. The molecular formula is C14H21N3O4. The summed E-state index contributed by atoms with van der Waals surface area (Å²) in [5.41, 5.74) is 7.24. The minimum absolute atomic E-state index is 0.0470. The van der Waals surface area contributed by atoms with E-state index in [4.69, 9.17) is 16.3 Å². The average Bonchev–Trinajstić information content (AvgIpc) is 2.49. The largest absolute Gasteiger partial charge is 0.397 e. The van der Waals surface area contributed by atoms with Crippen LogP contribution in [0.5, 0.6) is 0 Å². The second kappa shape index (κ2) is 6.88. The fraction of sp³-hybridized carbons (Fsp3) is 0.429. The molecule has 1 aromatic rings. The van der Waals surface area contributed by atoms with E-state index < -0.39 is 24.4 Å². The third-order valence-electron chi connectivity index (χ3n) is 3.41. The smallest absolute Gasteiger partial charge is 0.111 e. The molecule has 7 heteroatoms. The Bertz CT molecular complexity index is 482. The minimum Gasteiger partial charge on any atom is -0.397 e. The first kappa shape index (κ1) is 15.7. The van der Waals surface area contributed by atoms with Crippen LogP contribution in [0.3, 0.4) is 0 Å². The van der Waals surface area contributed by atoms with Crippen LogP contribution in [0.1, 0.15) is 5.56 Å². The molecule has 2 rings (SSSR count). The van der Waals surface area contributed by atoms with Gasteiger partial charge in [0.05, 0.1) is 18.8 Å². The lowest BCUT2D eigenvalue weighted by molar-refractivity contribution is -0.189. The van der Waals surface area contributed by atoms with E-state index in [2.05, 4.69) is 0 Å². The van der Waals surface area contributed by atoms with E-state index in [-0.39, 0.29) is 13.2 Å². The zero-order valence-electron chi connectivity index (χ0n) is 11.5. The third kappa shape index (κ3) is 3.93. The lowest BCUT2D eigenvalue weighted by Gasteiger charge is -2.36. The first-order chi connectivity index (χ1) is 9.99. The monoisotopic (exact) mass is 295 g/mol. The Morgan fingerprint density at radius 3 is 2.57 bits per heavy atom. The lowest BCUT2D eigenvalue weighted by atomic mass is 10.00. The van der Waals surface area contributed by atoms with Gasteiger partial charge in [0, 0.05) is 6.20 Å². The van der Waals surface area contributed by atoms with Crippen molar-refractivity contribution in [2.45, 2.75) is 24.4 Å². The molecule has 0 aliphatic carbocycles. The Hall–Kier alpha value is -1.64. The predicted molar refractivity (Wildman–Crippen MR) is 77.3 cm³/mol. The van der Waals surface area contributed by atoms with Crippen molar-refractivity contribution in [3.05, 3.63) is 42.1 Å². The molecule has 21 heavy (non-hydrogen) atoms. The number of nitrogens with two attached hydrogens (primary N) is 2. The Morgan fingerprint density at radius 2 is 1.90 bits per heavy atom. The number of benzene rings is 1. The van der Waals surface area contributed by atoms with Crippen molar-refractivity contribution in [3.63, 3.8) is 0 Å². The summed E-state index contributed by atoms with van der Waals surface area (Å²) in [7, 11) is 0. The SMILES string of the molecule is N/C(=C\N(N)CC1OCC(O)C(O)C1O)c1ccccc1. The van der Waals surface area contributed by atoms with Crippen LogP contribution < -0.4 is 11.6 Å². The van der Waals surface area contributed by atoms with E-state index in [0.29, 0.717) is 5.70 Å². The van der Waals surface area contributed by atoms with Crippen molar-refractivity contribution in [2.75, 3.05) is 13.2 Å². The molecule has 7 nitrogen and oxygen atoms in total. The summed E-state index contributed by atoms with van der Waals surface area (Å²) in [6.45, 7) is 0.0904. The molecule has 7 N–H and O–H groups in total. The summed E-state index contributed by atoms with van der Waals surface area (Å²) in [5.74, 6) is 5.83. The van der Waals surface area contributed by atoms with Crippen LogP contribution >= 0.6 is 0 Å². The number of aliphatic hydroxyl groups is 3. The van der Waals surface area contributed by atoms with Crippen LogP contribution in [0.15, 0.2) is 36.5 Å². The molecule has 1 aliphatic heterocycles. The van der Waals surface area contributed by atoms with Crippen LogP contribution in [-0.2, 0) is 4.74 Å². The van der Waals surface area contributed by atoms with Gasteiger partial charge in [0.15, 0.2) is 0 Å². The molecule has 0 amide bonds. The molecule has 1 heterocycles. The highest BCUT2D eigenvalue weighted by Crippen LogP contribution is 2.16. The van der Waals surface area contributed by atoms with E-state index in [0.717, 1.165) is 5.56 Å². The molecule has 4 unspecified atom stereocenters. The maximum absolute atomic E-state index is 9.84. The van der Waals surface area contributed by atoms with E-state index in [9.17, 15) is 15.3 Å². The van der Waals surface area contributed by atoms with Crippen LogP contribution in [0.4, 0.5) is 0 Å². The van der Waals surface area contributed by atoms with Gasteiger partial charge in [-0.2, -0.15) is 0 Å². The molecule has 1 aliphatic rings. The van der Waals surface area contributed by atoms with Gasteiger partial charge in [-0.3, -0.25) is 0 Å². The molecular weight excluding hydrogens is 274 g/mol. The number of rotatable bonds is 4. The maximum Gasteiger partial charge on any atom is 0.111 e. The van der Waals surface area contributed by atoms with Gasteiger partial charge >= 0.3 is 0 Å². The summed E-state index contributed by atoms with van der Waals surface area (Å²) < 4.78 is 5.28.